The van der Waals surface area contributed by atoms with Gasteiger partial charge in [0, 0.05) is 28.3 Å². The highest BCUT2D eigenvalue weighted by Gasteiger charge is 1.93. The number of nitrogens with two attached hydrogens (primary N) is 1. The van der Waals surface area contributed by atoms with Gasteiger partial charge in [-0.2, -0.15) is 0 Å². The molecule has 62 valence electrons. The zero-order valence-corrected chi connectivity index (χ0v) is 7.49. The first kappa shape index (κ1) is 9.91. The van der Waals surface area contributed by atoms with Gasteiger partial charge in [-0.1, -0.05) is 6.92 Å². The number of hydrogen-bond donors (Lipinski definition) is 1. The normalized spacial score (nSPS) is 16.3. The minimum absolute atomic E-state index is 0.628. The van der Waals surface area contributed by atoms with Gasteiger partial charge < -0.3 is 5.73 Å². The van der Waals surface area contributed by atoms with Crippen molar-refractivity contribution in [2.45, 2.75) is 13.3 Å². The lowest BCUT2D eigenvalue weighted by atomic mass is 10.4. The molecule has 0 heterocycles. The number of rotatable bonds is 4. The first-order valence-corrected chi connectivity index (χ1v) is 5.57. The summed E-state index contributed by atoms with van der Waals surface area (Å²) in [5.41, 5.74) is 5.25. The molecule has 0 rings (SSSR count). The van der Waals surface area contributed by atoms with Gasteiger partial charge in [0.2, 0.25) is 0 Å². The van der Waals surface area contributed by atoms with Crippen LogP contribution in [-0.4, -0.2) is 29.3 Å². The third-order valence-corrected chi connectivity index (χ3v) is 3.06. The van der Waals surface area contributed by atoms with Crippen LogP contribution in [-0.2, 0) is 9.73 Å². The Kier molecular flexibility index (Phi) is 4.64. The highest BCUT2D eigenvalue weighted by molar-refractivity contribution is 7.92. The van der Waals surface area contributed by atoms with E-state index in [0.717, 1.165) is 6.42 Å². The fourth-order valence-electron chi connectivity index (χ4n) is 0.440. The second-order valence-electron chi connectivity index (χ2n) is 2.24. The molecular formula is C6H16N2OS. The van der Waals surface area contributed by atoms with Crippen LogP contribution in [0.3, 0.4) is 0 Å². The summed E-state index contributed by atoms with van der Waals surface area (Å²) in [5.74, 6) is 0.636. The largest absolute Gasteiger partial charge is 0.330 e. The molecule has 0 aliphatic heterocycles. The molecule has 0 aromatic carbocycles. The summed E-state index contributed by atoms with van der Waals surface area (Å²) < 4.78 is 15.2. The van der Waals surface area contributed by atoms with Crippen molar-refractivity contribution < 1.29 is 4.21 Å². The van der Waals surface area contributed by atoms with Crippen LogP contribution in [0.5, 0.6) is 0 Å². The maximum atomic E-state index is 11.2. The molecule has 0 saturated carbocycles. The smallest absolute Gasteiger partial charge is 0.0496 e. The van der Waals surface area contributed by atoms with E-state index in [1.807, 2.05) is 6.92 Å². The van der Waals surface area contributed by atoms with E-state index in [9.17, 15) is 4.21 Å². The standard InChI is InChI=1S/C6H16N2OS/c1-3-10(2,9)8-6-4-5-7/h3-7H2,1-2H3. The van der Waals surface area contributed by atoms with Crippen LogP contribution in [0.1, 0.15) is 13.3 Å². The van der Waals surface area contributed by atoms with Gasteiger partial charge in [-0.15, -0.1) is 0 Å². The highest BCUT2D eigenvalue weighted by atomic mass is 32.2. The van der Waals surface area contributed by atoms with Crippen LogP contribution in [0.25, 0.3) is 0 Å². The molecule has 0 fully saturated rings. The molecule has 0 amide bonds. The van der Waals surface area contributed by atoms with Crippen LogP contribution in [0, 0.1) is 0 Å². The molecule has 1 unspecified atom stereocenters. The van der Waals surface area contributed by atoms with Gasteiger partial charge in [-0.05, 0) is 13.0 Å². The first-order valence-electron chi connectivity index (χ1n) is 3.48. The van der Waals surface area contributed by atoms with Crippen LogP contribution < -0.4 is 5.73 Å². The highest BCUT2D eigenvalue weighted by Crippen LogP contribution is 1.90. The lowest BCUT2D eigenvalue weighted by molar-refractivity contribution is 0.678. The first-order chi connectivity index (χ1) is 4.62. The lowest BCUT2D eigenvalue weighted by Gasteiger charge is -1.97. The minimum Gasteiger partial charge on any atom is -0.330 e. The third-order valence-electron chi connectivity index (χ3n) is 1.26. The van der Waals surface area contributed by atoms with Crippen molar-refractivity contribution in [3.63, 3.8) is 0 Å². The maximum Gasteiger partial charge on any atom is 0.0496 e. The second kappa shape index (κ2) is 4.68. The zero-order valence-electron chi connectivity index (χ0n) is 6.67. The minimum atomic E-state index is -1.87. The van der Waals surface area contributed by atoms with E-state index < -0.39 is 9.73 Å². The molecule has 0 radical (unpaired) electrons. The predicted molar refractivity (Wildman–Crippen MR) is 45.6 cm³/mol. The Morgan fingerprint density at radius 3 is 2.60 bits per heavy atom. The lowest BCUT2D eigenvalue weighted by Crippen LogP contribution is -2.04. The van der Waals surface area contributed by atoms with Gasteiger partial charge in [0.1, 0.15) is 0 Å². The predicted octanol–water partition coefficient (Wildman–Crippen LogP) is 0.453. The fraction of sp³-hybridized carbons (Fsp3) is 1.00. The fourth-order valence-corrected chi connectivity index (χ4v) is 1.14. The topological polar surface area (TPSA) is 55.5 Å². The third kappa shape index (κ3) is 4.76. The molecule has 0 aromatic rings. The molecular weight excluding hydrogens is 148 g/mol. The van der Waals surface area contributed by atoms with Crippen molar-refractivity contribution in [1.29, 1.82) is 0 Å². The van der Waals surface area contributed by atoms with Gasteiger partial charge in [0.15, 0.2) is 0 Å². The van der Waals surface area contributed by atoms with Gasteiger partial charge in [-0.3, -0.25) is 4.21 Å². The van der Waals surface area contributed by atoms with Gasteiger partial charge in [-0.25, -0.2) is 4.36 Å². The molecule has 0 spiro atoms. The van der Waals surface area contributed by atoms with E-state index in [0.29, 0.717) is 18.8 Å². The summed E-state index contributed by atoms with van der Waals surface area (Å²) in [6.07, 6.45) is 2.52. The van der Waals surface area contributed by atoms with Crippen molar-refractivity contribution in [3.8, 4) is 0 Å². The Morgan fingerprint density at radius 2 is 2.20 bits per heavy atom. The number of hydrogen-bond acceptors (Lipinski definition) is 3. The molecule has 1 atom stereocenters. The Bertz CT molecular complexity index is 182. The molecule has 0 saturated heterocycles. The second-order valence-corrected chi connectivity index (χ2v) is 5.00. The molecule has 0 aromatic heterocycles. The van der Waals surface area contributed by atoms with Crippen molar-refractivity contribution >= 4 is 9.73 Å². The van der Waals surface area contributed by atoms with Gasteiger partial charge in [0.25, 0.3) is 0 Å². The summed E-state index contributed by atoms with van der Waals surface area (Å²) in [6.45, 7) is 3.15. The van der Waals surface area contributed by atoms with E-state index >= 15 is 0 Å². The summed E-state index contributed by atoms with van der Waals surface area (Å²) in [5, 5.41) is 0. The maximum absolute atomic E-state index is 11.2. The van der Waals surface area contributed by atoms with E-state index in [-0.39, 0.29) is 0 Å². The van der Waals surface area contributed by atoms with Crippen LogP contribution in [0.4, 0.5) is 0 Å². The van der Waals surface area contributed by atoms with E-state index in [1.54, 1.807) is 6.26 Å². The monoisotopic (exact) mass is 164 g/mol. The van der Waals surface area contributed by atoms with E-state index in [4.69, 9.17) is 5.73 Å². The molecule has 10 heavy (non-hydrogen) atoms. The zero-order chi connectivity index (χ0) is 8.04. The van der Waals surface area contributed by atoms with Crippen LogP contribution >= 0.6 is 0 Å². The average molecular weight is 164 g/mol. The number of nitrogens with zero attached hydrogens (tertiary/aromatic N) is 1. The quantitative estimate of drug-likeness (QED) is 0.613. The Labute approximate surface area is 63.2 Å². The van der Waals surface area contributed by atoms with Crippen molar-refractivity contribution in [3.05, 3.63) is 0 Å². The molecule has 0 bridgehead atoms. The Morgan fingerprint density at radius 1 is 1.60 bits per heavy atom. The molecule has 0 aliphatic carbocycles. The van der Waals surface area contributed by atoms with Crippen molar-refractivity contribution in [2.75, 3.05) is 25.1 Å². The van der Waals surface area contributed by atoms with Crippen LogP contribution in [0.15, 0.2) is 4.36 Å². The molecule has 3 nitrogen and oxygen atoms in total. The summed E-state index contributed by atoms with van der Waals surface area (Å²) in [4.78, 5) is 0. The Hall–Kier alpha value is -0.0900. The van der Waals surface area contributed by atoms with Gasteiger partial charge >= 0.3 is 0 Å². The van der Waals surface area contributed by atoms with Crippen molar-refractivity contribution in [2.24, 2.45) is 10.1 Å². The Balaban J connectivity index is 3.79. The SMILES string of the molecule is CCS(C)(=O)=NCCCN. The average Bonchev–Trinajstić information content (AvgIpc) is 1.89. The molecule has 0 aliphatic rings. The molecule has 2 N–H and O–H groups in total. The molecule has 4 heteroatoms. The van der Waals surface area contributed by atoms with Gasteiger partial charge in [0.05, 0.1) is 0 Å². The van der Waals surface area contributed by atoms with E-state index in [2.05, 4.69) is 4.36 Å². The van der Waals surface area contributed by atoms with Crippen LogP contribution in [0.2, 0.25) is 0 Å². The van der Waals surface area contributed by atoms with Crippen molar-refractivity contribution in [1.82, 2.24) is 0 Å². The summed E-state index contributed by atoms with van der Waals surface area (Å²) in [6, 6.07) is 0. The summed E-state index contributed by atoms with van der Waals surface area (Å²) in [7, 11) is -1.87. The summed E-state index contributed by atoms with van der Waals surface area (Å²) >= 11 is 0. The van der Waals surface area contributed by atoms with E-state index in [1.165, 1.54) is 0 Å².